The number of ether oxygens (including phenoxy) is 1. The molecular formula is C17H18N2O5S. The Hall–Kier alpha value is -2.87. The monoisotopic (exact) mass is 362 g/mol. The van der Waals surface area contributed by atoms with Gasteiger partial charge in [-0.2, -0.15) is 0 Å². The van der Waals surface area contributed by atoms with Crippen molar-refractivity contribution in [1.82, 2.24) is 0 Å². The molecule has 0 radical (unpaired) electrons. The molecule has 0 aliphatic carbocycles. The summed E-state index contributed by atoms with van der Waals surface area (Å²) in [5.41, 5.74) is 0.631. The number of hydrogen-bond donors (Lipinski definition) is 0. The van der Waals surface area contributed by atoms with E-state index in [0.717, 1.165) is 15.9 Å². The van der Waals surface area contributed by atoms with Crippen molar-refractivity contribution in [3.63, 3.8) is 0 Å². The van der Waals surface area contributed by atoms with Gasteiger partial charge in [0.05, 0.1) is 24.3 Å². The molecule has 0 aliphatic rings. The summed E-state index contributed by atoms with van der Waals surface area (Å²) >= 11 is 0. The van der Waals surface area contributed by atoms with Crippen LogP contribution >= 0.6 is 0 Å². The summed E-state index contributed by atoms with van der Waals surface area (Å²) in [5, 5.41) is 11.2. The smallest absolute Gasteiger partial charge is 0.289 e. The molecule has 0 unspecified atom stereocenters. The number of anilines is 1. The van der Waals surface area contributed by atoms with Crippen LogP contribution in [0.5, 0.6) is 5.75 Å². The molecule has 0 bridgehead atoms. The summed E-state index contributed by atoms with van der Waals surface area (Å²) in [7, 11) is -2.77. The zero-order valence-electron chi connectivity index (χ0n) is 13.9. The summed E-state index contributed by atoms with van der Waals surface area (Å²) in [4.78, 5) is 10.1. The molecule has 0 amide bonds. The van der Waals surface area contributed by atoms with Gasteiger partial charge in [-0.05, 0) is 30.7 Å². The van der Waals surface area contributed by atoms with Crippen molar-refractivity contribution in [3.8, 4) is 5.75 Å². The second kappa shape index (κ2) is 7.35. The lowest BCUT2D eigenvalue weighted by atomic mass is 10.2. The van der Waals surface area contributed by atoms with Gasteiger partial charge in [-0.3, -0.25) is 14.4 Å². The number of methoxy groups -OCH3 is 1. The van der Waals surface area contributed by atoms with E-state index < -0.39 is 20.6 Å². The van der Waals surface area contributed by atoms with E-state index in [-0.39, 0.29) is 11.4 Å². The third kappa shape index (κ3) is 3.63. The van der Waals surface area contributed by atoms with Crippen LogP contribution in [0, 0.1) is 17.0 Å². The highest BCUT2D eigenvalue weighted by Gasteiger charge is 2.32. The molecule has 25 heavy (non-hydrogen) atoms. The van der Waals surface area contributed by atoms with Gasteiger partial charge in [0, 0.05) is 6.07 Å². The first kappa shape index (κ1) is 18.5. The van der Waals surface area contributed by atoms with Crippen LogP contribution in [-0.2, 0) is 10.0 Å². The van der Waals surface area contributed by atoms with Gasteiger partial charge in [-0.15, -0.1) is 6.58 Å². The highest BCUT2D eigenvalue weighted by molar-refractivity contribution is 7.93. The molecule has 0 heterocycles. The minimum absolute atomic E-state index is 0.0613. The Morgan fingerprint density at radius 2 is 1.96 bits per heavy atom. The number of rotatable bonds is 7. The quantitative estimate of drug-likeness (QED) is 0.428. The van der Waals surface area contributed by atoms with Gasteiger partial charge >= 0.3 is 0 Å². The van der Waals surface area contributed by atoms with Crippen molar-refractivity contribution in [2.75, 3.05) is 18.0 Å². The number of sulfonamides is 1. The molecule has 0 saturated carbocycles. The topological polar surface area (TPSA) is 89.8 Å². The molecule has 132 valence electrons. The first-order valence-electron chi connectivity index (χ1n) is 7.34. The highest BCUT2D eigenvalue weighted by atomic mass is 32.2. The lowest BCUT2D eigenvalue weighted by molar-refractivity contribution is -0.387. The van der Waals surface area contributed by atoms with Gasteiger partial charge in [0.2, 0.25) is 0 Å². The Kier molecular flexibility index (Phi) is 5.43. The number of para-hydroxylation sites is 1. The van der Waals surface area contributed by atoms with Gasteiger partial charge in [-0.25, -0.2) is 8.42 Å². The Labute approximate surface area is 146 Å². The second-order valence-electron chi connectivity index (χ2n) is 5.22. The van der Waals surface area contributed by atoms with E-state index in [0.29, 0.717) is 11.4 Å². The predicted molar refractivity (Wildman–Crippen MR) is 95.6 cm³/mol. The van der Waals surface area contributed by atoms with E-state index in [2.05, 4.69) is 6.58 Å². The van der Waals surface area contributed by atoms with Crippen molar-refractivity contribution in [1.29, 1.82) is 0 Å². The van der Waals surface area contributed by atoms with Crippen LogP contribution in [0.1, 0.15) is 5.56 Å². The summed E-state index contributed by atoms with van der Waals surface area (Å²) < 4.78 is 32.6. The van der Waals surface area contributed by atoms with E-state index in [1.807, 2.05) is 6.92 Å². The van der Waals surface area contributed by atoms with Crippen LogP contribution in [0.15, 0.2) is 60.0 Å². The Bertz CT molecular complexity index is 909. The van der Waals surface area contributed by atoms with E-state index in [4.69, 9.17) is 4.74 Å². The van der Waals surface area contributed by atoms with Crippen LogP contribution in [0.3, 0.4) is 0 Å². The molecule has 8 heteroatoms. The average molecular weight is 362 g/mol. The number of nitro benzene ring substituents is 1. The maximum atomic E-state index is 13.1. The molecular weight excluding hydrogens is 344 g/mol. The fraction of sp³-hybridized carbons (Fsp3) is 0.176. The van der Waals surface area contributed by atoms with E-state index in [1.54, 1.807) is 18.2 Å². The van der Waals surface area contributed by atoms with Gasteiger partial charge < -0.3 is 4.74 Å². The molecule has 0 saturated heterocycles. The number of nitro groups is 1. The van der Waals surface area contributed by atoms with Crippen molar-refractivity contribution < 1.29 is 18.1 Å². The molecule has 7 nitrogen and oxygen atoms in total. The Morgan fingerprint density at radius 1 is 1.28 bits per heavy atom. The zero-order chi connectivity index (χ0) is 18.6. The number of benzene rings is 2. The number of aryl methyl sites for hydroxylation is 1. The molecule has 2 aromatic rings. The van der Waals surface area contributed by atoms with E-state index in [1.165, 1.54) is 31.4 Å². The van der Waals surface area contributed by atoms with Crippen LogP contribution in [0.4, 0.5) is 11.4 Å². The first-order chi connectivity index (χ1) is 11.8. The molecule has 0 aromatic heterocycles. The normalized spacial score (nSPS) is 11.0. The molecule has 2 aromatic carbocycles. The van der Waals surface area contributed by atoms with Crippen molar-refractivity contribution in [2.24, 2.45) is 0 Å². The maximum absolute atomic E-state index is 13.1. The molecule has 0 fully saturated rings. The Morgan fingerprint density at radius 3 is 2.56 bits per heavy atom. The van der Waals surface area contributed by atoms with Crippen LogP contribution in [-0.4, -0.2) is 27.0 Å². The fourth-order valence-corrected chi connectivity index (χ4v) is 3.98. The number of hydrogen-bond acceptors (Lipinski definition) is 5. The summed E-state index contributed by atoms with van der Waals surface area (Å²) in [6.07, 6.45) is 1.41. The third-order valence-corrected chi connectivity index (χ3v) is 5.36. The third-order valence-electron chi connectivity index (χ3n) is 3.53. The lowest BCUT2D eigenvalue weighted by Crippen LogP contribution is -2.32. The van der Waals surface area contributed by atoms with Crippen molar-refractivity contribution >= 4 is 21.4 Å². The standard InChI is InChI=1S/C17H18N2O5S/c1-4-11-18(15-12-13(2)9-10-16(15)24-3)25(22,23)17-8-6-5-7-14(17)19(20)21/h4-10,12H,1,11H2,2-3H3. The van der Waals surface area contributed by atoms with E-state index >= 15 is 0 Å². The number of nitrogens with zero attached hydrogens (tertiary/aromatic N) is 2. The fourth-order valence-electron chi connectivity index (χ4n) is 2.38. The van der Waals surface area contributed by atoms with Crippen LogP contribution < -0.4 is 9.04 Å². The lowest BCUT2D eigenvalue weighted by Gasteiger charge is -2.25. The van der Waals surface area contributed by atoms with Crippen molar-refractivity contribution in [2.45, 2.75) is 11.8 Å². The second-order valence-corrected chi connectivity index (χ2v) is 7.06. The molecule has 0 spiro atoms. The molecule has 0 N–H and O–H groups in total. The molecule has 0 aliphatic heterocycles. The van der Waals surface area contributed by atoms with Crippen LogP contribution in [0.2, 0.25) is 0 Å². The van der Waals surface area contributed by atoms with Crippen LogP contribution in [0.25, 0.3) is 0 Å². The van der Waals surface area contributed by atoms with Gasteiger partial charge in [0.15, 0.2) is 4.90 Å². The van der Waals surface area contributed by atoms with Gasteiger partial charge in [0.25, 0.3) is 15.7 Å². The minimum Gasteiger partial charge on any atom is -0.495 e. The van der Waals surface area contributed by atoms with Gasteiger partial charge in [0.1, 0.15) is 5.75 Å². The zero-order valence-corrected chi connectivity index (χ0v) is 14.7. The summed E-state index contributed by atoms with van der Waals surface area (Å²) in [6, 6.07) is 10.3. The Balaban J connectivity index is 2.71. The SMILES string of the molecule is C=CCN(c1cc(C)ccc1OC)S(=O)(=O)c1ccccc1[N+](=O)[O-]. The van der Waals surface area contributed by atoms with Crippen molar-refractivity contribution in [3.05, 3.63) is 70.8 Å². The summed E-state index contributed by atoms with van der Waals surface area (Å²) in [6.45, 7) is 5.34. The first-order valence-corrected chi connectivity index (χ1v) is 8.78. The minimum atomic E-state index is -4.20. The molecule has 0 atom stereocenters. The summed E-state index contributed by atoms with van der Waals surface area (Å²) in [5.74, 6) is 0.342. The van der Waals surface area contributed by atoms with Gasteiger partial charge in [-0.1, -0.05) is 24.3 Å². The highest BCUT2D eigenvalue weighted by Crippen LogP contribution is 2.35. The largest absolute Gasteiger partial charge is 0.495 e. The molecule has 2 rings (SSSR count). The average Bonchev–Trinajstić information content (AvgIpc) is 2.59. The van der Waals surface area contributed by atoms with E-state index in [9.17, 15) is 18.5 Å². The predicted octanol–water partition coefficient (Wildman–Crippen LogP) is 3.29. The maximum Gasteiger partial charge on any atom is 0.289 e.